The van der Waals surface area contributed by atoms with Crippen molar-refractivity contribution in [2.24, 2.45) is 0 Å². The van der Waals surface area contributed by atoms with Crippen molar-refractivity contribution in [3.05, 3.63) is 21.9 Å². The third kappa shape index (κ3) is 2.07. The molecule has 0 bridgehead atoms. The fraction of sp³-hybridized carbons (Fsp3) is 0.583. The molecule has 1 aromatic rings. The summed E-state index contributed by atoms with van der Waals surface area (Å²) in [6, 6.07) is 2.59. The number of rotatable bonds is 1. The number of carbonyl (C=O) groups excluding carboxylic acids is 1. The van der Waals surface area contributed by atoms with Crippen LogP contribution in [0.5, 0.6) is 0 Å². The van der Waals surface area contributed by atoms with Crippen LogP contribution in [0.15, 0.2) is 11.4 Å². The summed E-state index contributed by atoms with van der Waals surface area (Å²) >= 11 is 1.80. The Balaban J connectivity index is 2.12. The molecule has 0 fully saturated rings. The molecule has 2 rings (SSSR count). The van der Waals surface area contributed by atoms with Gasteiger partial charge in [-0.2, -0.15) is 0 Å². The highest BCUT2D eigenvalue weighted by molar-refractivity contribution is 7.10. The lowest BCUT2D eigenvalue weighted by Gasteiger charge is -2.34. The van der Waals surface area contributed by atoms with Crippen LogP contribution in [0.2, 0.25) is 0 Å². The monoisotopic (exact) mass is 238 g/mol. The Morgan fingerprint density at radius 3 is 3.06 bits per heavy atom. The Kier molecular flexibility index (Phi) is 3.19. The molecule has 1 aromatic heterocycles. The summed E-state index contributed by atoms with van der Waals surface area (Å²) in [4.78, 5) is 15.3. The van der Waals surface area contributed by atoms with Crippen molar-refractivity contribution in [2.45, 2.75) is 39.3 Å². The number of nitrogens with one attached hydrogen (secondary N) is 1. The van der Waals surface area contributed by atoms with E-state index in [2.05, 4.69) is 23.7 Å². The van der Waals surface area contributed by atoms with Crippen molar-refractivity contribution in [1.82, 2.24) is 10.2 Å². The van der Waals surface area contributed by atoms with Gasteiger partial charge < -0.3 is 10.2 Å². The predicted octanol–water partition coefficient (Wildman–Crippen LogP) is 2.79. The van der Waals surface area contributed by atoms with Gasteiger partial charge in [-0.15, -0.1) is 11.3 Å². The number of thiophene rings is 1. The predicted molar refractivity (Wildman–Crippen MR) is 66.8 cm³/mol. The van der Waals surface area contributed by atoms with E-state index in [1.807, 2.05) is 18.7 Å². The number of fused-ring (bicyclic) bond motifs is 1. The molecule has 1 aliphatic rings. The molecule has 0 radical (unpaired) electrons. The lowest BCUT2D eigenvalue weighted by atomic mass is 10.0. The third-order valence-corrected chi connectivity index (χ3v) is 3.95. The highest BCUT2D eigenvalue weighted by Crippen LogP contribution is 2.32. The number of hydrogen-bond donors (Lipinski definition) is 1. The van der Waals surface area contributed by atoms with E-state index in [0.717, 1.165) is 13.0 Å². The van der Waals surface area contributed by atoms with Crippen LogP contribution in [0.25, 0.3) is 0 Å². The maximum absolute atomic E-state index is 12.0. The molecule has 88 valence electrons. The fourth-order valence-corrected chi connectivity index (χ4v) is 3.08. The zero-order valence-electron chi connectivity index (χ0n) is 9.99. The molecule has 1 unspecified atom stereocenters. The second-order valence-corrected chi connectivity index (χ2v) is 5.52. The van der Waals surface area contributed by atoms with Crippen molar-refractivity contribution in [3.63, 3.8) is 0 Å². The van der Waals surface area contributed by atoms with E-state index >= 15 is 0 Å². The summed E-state index contributed by atoms with van der Waals surface area (Å²) in [5.74, 6) is 0. The second kappa shape index (κ2) is 4.45. The molecule has 0 aromatic carbocycles. The van der Waals surface area contributed by atoms with Gasteiger partial charge in [-0.25, -0.2) is 4.79 Å². The van der Waals surface area contributed by atoms with Crippen molar-refractivity contribution in [2.75, 3.05) is 6.54 Å². The lowest BCUT2D eigenvalue weighted by molar-refractivity contribution is 0.173. The van der Waals surface area contributed by atoms with Gasteiger partial charge in [-0.05, 0) is 44.2 Å². The summed E-state index contributed by atoms with van der Waals surface area (Å²) in [5.41, 5.74) is 1.31. The van der Waals surface area contributed by atoms with E-state index < -0.39 is 0 Å². The quantitative estimate of drug-likeness (QED) is 0.801. The average Bonchev–Trinajstić information content (AvgIpc) is 2.65. The highest BCUT2D eigenvalue weighted by atomic mass is 32.1. The molecule has 0 aliphatic carbocycles. The number of carbonyl (C=O) groups is 1. The summed E-state index contributed by atoms with van der Waals surface area (Å²) in [7, 11) is 0. The zero-order chi connectivity index (χ0) is 11.7. The summed E-state index contributed by atoms with van der Waals surface area (Å²) in [6.45, 7) is 6.91. The molecule has 2 heterocycles. The molecule has 1 atom stereocenters. The van der Waals surface area contributed by atoms with Crippen LogP contribution in [0.4, 0.5) is 4.79 Å². The van der Waals surface area contributed by atoms with E-state index in [0.29, 0.717) is 0 Å². The first-order valence-corrected chi connectivity index (χ1v) is 6.61. The van der Waals surface area contributed by atoms with Gasteiger partial charge in [0.1, 0.15) is 0 Å². The van der Waals surface area contributed by atoms with E-state index in [4.69, 9.17) is 0 Å². The van der Waals surface area contributed by atoms with Gasteiger partial charge in [0.15, 0.2) is 0 Å². The van der Waals surface area contributed by atoms with Gasteiger partial charge >= 0.3 is 6.03 Å². The molecule has 3 nitrogen and oxygen atoms in total. The van der Waals surface area contributed by atoms with Crippen LogP contribution in [-0.4, -0.2) is 23.5 Å². The topological polar surface area (TPSA) is 32.3 Å². The molecule has 0 saturated carbocycles. The van der Waals surface area contributed by atoms with Crippen LogP contribution in [-0.2, 0) is 6.42 Å². The van der Waals surface area contributed by atoms with Crippen LogP contribution in [0.3, 0.4) is 0 Å². The normalized spacial score (nSPS) is 19.8. The Morgan fingerprint density at radius 1 is 1.62 bits per heavy atom. The van der Waals surface area contributed by atoms with E-state index in [9.17, 15) is 4.79 Å². The van der Waals surface area contributed by atoms with E-state index in [1.165, 1.54) is 10.4 Å². The molecular weight excluding hydrogens is 220 g/mol. The van der Waals surface area contributed by atoms with Crippen molar-refractivity contribution in [3.8, 4) is 0 Å². The fourth-order valence-electron chi connectivity index (χ4n) is 2.12. The minimum Gasteiger partial charge on any atom is -0.336 e. The molecular formula is C12H18N2OS. The molecule has 4 heteroatoms. The lowest BCUT2D eigenvalue weighted by Crippen LogP contribution is -2.46. The molecule has 16 heavy (non-hydrogen) atoms. The molecule has 2 amide bonds. The van der Waals surface area contributed by atoms with E-state index in [1.54, 1.807) is 11.3 Å². The highest BCUT2D eigenvalue weighted by Gasteiger charge is 2.28. The van der Waals surface area contributed by atoms with Gasteiger partial charge in [0, 0.05) is 17.5 Å². The number of nitrogens with zero attached hydrogens (tertiary/aromatic N) is 1. The van der Waals surface area contributed by atoms with Crippen molar-refractivity contribution >= 4 is 17.4 Å². The number of hydrogen-bond acceptors (Lipinski definition) is 2. The minimum absolute atomic E-state index is 0.0550. The third-order valence-electron chi connectivity index (χ3n) is 2.95. The minimum atomic E-state index is 0.0550. The summed E-state index contributed by atoms with van der Waals surface area (Å²) < 4.78 is 0. The number of amides is 2. The standard InChI is InChI=1S/C12H18N2OS/c1-8(2)13-12(15)14-6-4-11-10(9(14)3)5-7-16-11/h5,7-9H,4,6H2,1-3H3,(H,13,15). The van der Waals surface area contributed by atoms with Crippen LogP contribution in [0.1, 0.15) is 37.3 Å². The smallest absolute Gasteiger partial charge is 0.318 e. The zero-order valence-corrected chi connectivity index (χ0v) is 10.8. The first-order chi connectivity index (χ1) is 7.59. The van der Waals surface area contributed by atoms with Crippen molar-refractivity contribution in [1.29, 1.82) is 0 Å². The van der Waals surface area contributed by atoms with Gasteiger partial charge in [0.25, 0.3) is 0 Å². The Bertz CT molecular complexity index is 386. The van der Waals surface area contributed by atoms with E-state index in [-0.39, 0.29) is 18.1 Å². The Morgan fingerprint density at radius 2 is 2.38 bits per heavy atom. The Labute approximate surface area is 100 Å². The van der Waals surface area contributed by atoms with Crippen LogP contribution < -0.4 is 5.32 Å². The first kappa shape index (κ1) is 11.5. The van der Waals surface area contributed by atoms with Crippen molar-refractivity contribution < 1.29 is 4.79 Å². The van der Waals surface area contributed by atoms with Gasteiger partial charge in [-0.1, -0.05) is 0 Å². The summed E-state index contributed by atoms with van der Waals surface area (Å²) in [6.07, 6.45) is 0.989. The van der Waals surface area contributed by atoms with Gasteiger partial charge in [0.2, 0.25) is 0 Å². The average molecular weight is 238 g/mol. The van der Waals surface area contributed by atoms with Crippen LogP contribution in [0, 0.1) is 0 Å². The Hall–Kier alpha value is -1.03. The molecule has 1 N–H and O–H groups in total. The number of urea groups is 1. The van der Waals surface area contributed by atoms with Gasteiger partial charge in [0.05, 0.1) is 6.04 Å². The van der Waals surface area contributed by atoms with Gasteiger partial charge in [-0.3, -0.25) is 0 Å². The summed E-state index contributed by atoms with van der Waals surface area (Å²) in [5, 5.41) is 5.07. The molecule has 0 saturated heterocycles. The second-order valence-electron chi connectivity index (χ2n) is 4.52. The largest absolute Gasteiger partial charge is 0.336 e. The van der Waals surface area contributed by atoms with Crippen LogP contribution >= 0.6 is 11.3 Å². The SMILES string of the molecule is CC(C)NC(=O)N1CCc2sccc2C1C. The molecule has 0 spiro atoms. The maximum atomic E-state index is 12.0. The maximum Gasteiger partial charge on any atom is 0.318 e. The molecule has 1 aliphatic heterocycles. The first-order valence-electron chi connectivity index (χ1n) is 5.73.